The van der Waals surface area contributed by atoms with E-state index < -0.39 is 5.97 Å². The highest BCUT2D eigenvalue weighted by molar-refractivity contribution is 5.73. The third-order valence-electron chi connectivity index (χ3n) is 3.76. The fourth-order valence-corrected chi connectivity index (χ4v) is 2.44. The molecule has 0 spiro atoms. The molecule has 0 aliphatic rings. The van der Waals surface area contributed by atoms with Crippen LogP contribution in [0.3, 0.4) is 0 Å². The zero-order chi connectivity index (χ0) is 15.4. The molecule has 0 amide bonds. The number of rotatable bonds is 5. The van der Waals surface area contributed by atoms with Crippen LogP contribution >= 0.6 is 0 Å². The van der Waals surface area contributed by atoms with Gasteiger partial charge in [0.1, 0.15) is 6.54 Å². The van der Waals surface area contributed by atoms with Crippen LogP contribution in [0.5, 0.6) is 0 Å². The maximum atomic E-state index is 11.1. The summed E-state index contributed by atoms with van der Waals surface area (Å²) >= 11 is 0. The molecule has 3 heteroatoms. The zero-order valence-electron chi connectivity index (χ0n) is 12.8. The Balaban J connectivity index is 2.31. The van der Waals surface area contributed by atoms with E-state index in [1.807, 2.05) is 35.2 Å². The van der Waals surface area contributed by atoms with Crippen molar-refractivity contribution in [1.82, 2.24) is 0 Å². The molecule has 1 N–H and O–H groups in total. The van der Waals surface area contributed by atoms with Crippen molar-refractivity contribution < 1.29 is 9.90 Å². The predicted octanol–water partition coefficient (Wildman–Crippen LogP) is 3.70. The molecule has 0 aliphatic heterocycles. The van der Waals surface area contributed by atoms with E-state index in [9.17, 15) is 4.79 Å². The second kappa shape index (κ2) is 6.44. The average molecular weight is 283 g/mol. The summed E-state index contributed by atoms with van der Waals surface area (Å²) < 4.78 is 0. The Morgan fingerprint density at radius 1 is 1.00 bits per heavy atom. The minimum absolute atomic E-state index is 0.00359. The molecule has 0 radical (unpaired) electrons. The molecule has 0 heterocycles. The molecule has 2 rings (SSSR count). The number of carbonyl (C=O) groups is 1. The molecule has 0 fully saturated rings. The quantitative estimate of drug-likeness (QED) is 0.909. The van der Waals surface area contributed by atoms with Gasteiger partial charge in [0, 0.05) is 12.2 Å². The minimum atomic E-state index is -0.819. The number of benzene rings is 2. The Morgan fingerprint density at radius 2 is 1.62 bits per heavy atom. The second-order valence-electron chi connectivity index (χ2n) is 5.45. The van der Waals surface area contributed by atoms with E-state index in [-0.39, 0.29) is 6.54 Å². The molecule has 0 aliphatic carbocycles. The van der Waals surface area contributed by atoms with Crippen molar-refractivity contribution in [2.24, 2.45) is 0 Å². The van der Waals surface area contributed by atoms with E-state index in [0.717, 1.165) is 5.69 Å². The third-order valence-corrected chi connectivity index (χ3v) is 3.76. The SMILES string of the molecule is Cc1cc(C)c(CN(CC(=O)O)c2ccccc2)cc1C. The van der Waals surface area contributed by atoms with Gasteiger partial charge in [-0.3, -0.25) is 4.79 Å². The Hall–Kier alpha value is -2.29. The Labute approximate surface area is 125 Å². The zero-order valence-corrected chi connectivity index (χ0v) is 12.8. The summed E-state index contributed by atoms with van der Waals surface area (Å²) in [7, 11) is 0. The molecule has 110 valence electrons. The number of carboxylic acid groups (broad SMARTS) is 1. The Bertz CT molecular complexity index is 635. The average Bonchev–Trinajstić information content (AvgIpc) is 2.44. The summed E-state index contributed by atoms with van der Waals surface area (Å²) in [5.41, 5.74) is 5.80. The van der Waals surface area contributed by atoms with E-state index >= 15 is 0 Å². The van der Waals surface area contributed by atoms with Crippen LogP contribution in [-0.2, 0) is 11.3 Å². The van der Waals surface area contributed by atoms with Crippen molar-refractivity contribution >= 4 is 11.7 Å². The number of nitrogens with zero attached hydrogens (tertiary/aromatic N) is 1. The van der Waals surface area contributed by atoms with Gasteiger partial charge in [-0.1, -0.05) is 30.3 Å². The highest BCUT2D eigenvalue weighted by Gasteiger charge is 2.13. The van der Waals surface area contributed by atoms with Crippen LogP contribution in [0.1, 0.15) is 22.3 Å². The van der Waals surface area contributed by atoms with E-state index in [1.165, 1.54) is 22.3 Å². The lowest BCUT2D eigenvalue weighted by atomic mass is 10.0. The van der Waals surface area contributed by atoms with Gasteiger partial charge in [-0.25, -0.2) is 0 Å². The minimum Gasteiger partial charge on any atom is -0.480 e. The van der Waals surface area contributed by atoms with E-state index in [2.05, 4.69) is 32.9 Å². The first-order valence-electron chi connectivity index (χ1n) is 7.06. The maximum Gasteiger partial charge on any atom is 0.323 e. The van der Waals surface area contributed by atoms with Crippen LogP contribution in [0.4, 0.5) is 5.69 Å². The number of aryl methyl sites for hydroxylation is 3. The smallest absolute Gasteiger partial charge is 0.323 e. The molecule has 3 nitrogen and oxygen atoms in total. The van der Waals surface area contributed by atoms with Gasteiger partial charge < -0.3 is 10.0 Å². The first-order chi connectivity index (χ1) is 9.97. The maximum absolute atomic E-state index is 11.1. The first-order valence-corrected chi connectivity index (χ1v) is 7.06. The number of hydrogen-bond donors (Lipinski definition) is 1. The molecule has 2 aromatic carbocycles. The molecule has 2 aromatic rings. The Kier molecular flexibility index (Phi) is 4.63. The fourth-order valence-electron chi connectivity index (χ4n) is 2.44. The van der Waals surface area contributed by atoms with Crippen molar-refractivity contribution in [3.05, 3.63) is 64.7 Å². The third kappa shape index (κ3) is 3.85. The van der Waals surface area contributed by atoms with Crippen LogP contribution < -0.4 is 4.90 Å². The molecule has 0 saturated heterocycles. The molecular formula is C18H21NO2. The van der Waals surface area contributed by atoms with Crippen LogP contribution in [0, 0.1) is 20.8 Å². The van der Waals surface area contributed by atoms with Gasteiger partial charge in [-0.05, 0) is 55.2 Å². The highest BCUT2D eigenvalue weighted by atomic mass is 16.4. The van der Waals surface area contributed by atoms with Crippen LogP contribution in [-0.4, -0.2) is 17.6 Å². The van der Waals surface area contributed by atoms with Gasteiger partial charge in [0.15, 0.2) is 0 Å². The normalized spacial score (nSPS) is 10.4. The highest BCUT2D eigenvalue weighted by Crippen LogP contribution is 2.21. The van der Waals surface area contributed by atoms with Gasteiger partial charge in [-0.2, -0.15) is 0 Å². The first kappa shape index (κ1) is 15.1. The van der Waals surface area contributed by atoms with Gasteiger partial charge in [0.25, 0.3) is 0 Å². The predicted molar refractivity (Wildman–Crippen MR) is 85.8 cm³/mol. The molecule has 0 bridgehead atoms. The van der Waals surface area contributed by atoms with Crippen molar-refractivity contribution in [2.45, 2.75) is 27.3 Å². The van der Waals surface area contributed by atoms with Crippen LogP contribution in [0.2, 0.25) is 0 Å². The molecular weight excluding hydrogens is 262 g/mol. The Morgan fingerprint density at radius 3 is 2.24 bits per heavy atom. The lowest BCUT2D eigenvalue weighted by molar-refractivity contribution is -0.135. The number of aliphatic carboxylic acids is 1. The van der Waals surface area contributed by atoms with E-state index in [0.29, 0.717) is 6.54 Å². The molecule has 0 atom stereocenters. The summed E-state index contributed by atoms with van der Waals surface area (Å²) in [5.74, 6) is -0.819. The molecule has 21 heavy (non-hydrogen) atoms. The molecule has 0 unspecified atom stereocenters. The lowest BCUT2D eigenvalue weighted by Gasteiger charge is -2.24. The number of anilines is 1. The van der Waals surface area contributed by atoms with Gasteiger partial charge in [0.05, 0.1) is 0 Å². The van der Waals surface area contributed by atoms with Crippen molar-refractivity contribution in [2.75, 3.05) is 11.4 Å². The molecule has 0 saturated carbocycles. The summed E-state index contributed by atoms with van der Waals surface area (Å²) in [5, 5.41) is 9.15. The lowest BCUT2D eigenvalue weighted by Crippen LogP contribution is -2.29. The van der Waals surface area contributed by atoms with Crippen molar-refractivity contribution in [3.63, 3.8) is 0 Å². The largest absolute Gasteiger partial charge is 0.480 e. The standard InChI is InChI=1S/C18H21NO2/c1-13-9-15(3)16(10-14(13)2)11-19(12-18(20)21)17-7-5-4-6-8-17/h4-10H,11-12H2,1-3H3,(H,20,21). The summed E-state index contributed by atoms with van der Waals surface area (Å²) in [4.78, 5) is 13.0. The van der Waals surface area contributed by atoms with Gasteiger partial charge >= 0.3 is 5.97 Å². The van der Waals surface area contributed by atoms with Crippen molar-refractivity contribution in [3.8, 4) is 0 Å². The second-order valence-corrected chi connectivity index (χ2v) is 5.45. The van der Waals surface area contributed by atoms with Gasteiger partial charge in [0.2, 0.25) is 0 Å². The van der Waals surface area contributed by atoms with Crippen LogP contribution in [0.15, 0.2) is 42.5 Å². The van der Waals surface area contributed by atoms with E-state index in [1.54, 1.807) is 0 Å². The summed E-state index contributed by atoms with van der Waals surface area (Å²) in [6.45, 7) is 6.85. The van der Waals surface area contributed by atoms with Gasteiger partial charge in [-0.15, -0.1) is 0 Å². The summed E-state index contributed by atoms with van der Waals surface area (Å²) in [6.07, 6.45) is 0. The van der Waals surface area contributed by atoms with Crippen LogP contribution in [0.25, 0.3) is 0 Å². The number of para-hydroxylation sites is 1. The number of carboxylic acids is 1. The monoisotopic (exact) mass is 283 g/mol. The number of hydrogen-bond acceptors (Lipinski definition) is 2. The topological polar surface area (TPSA) is 40.5 Å². The van der Waals surface area contributed by atoms with Crippen molar-refractivity contribution in [1.29, 1.82) is 0 Å². The summed E-state index contributed by atoms with van der Waals surface area (Å²) in [6, 6.07) is 14.0. The fraction of sp³-hybridized carbons (Fsp3) is 0.278. The van der Waals surface area contributed by atoms with E-state index in [4.69, 9.17) is 5.11 Å². The molecule has 0 aromatic heterocycles.